The van der Waals surface area contributed by atoms with Crippen LogP contribution in [-0.2, 0) is 15.1 Å². The summed E-state index contributed by atoms with van der Waals surface area (Å²) >= 11 is 0. The molecule has 6 nitrogen and oxygen atoms in total. The molecule has 0 fully saturated rings. The Morgan fingerprint density at radius 3 is 2.74 bits per heavy atom. The quantitative estimate of drug-likeness (QED) is 0.646. The fraction of sp³-hybridized carbons (Fsp3) is 0.615. The number of aldehydes is 1. The summed E-state index contributed by atoms with van der Waals surface area (Å²) in [7, 11) is 0. The first-order valence-electron chi connectivity index (χ1n) is 6.59. The van der Waals surface area contributed by atoms with E-state index in [1.54, 1.807) is 13.3 Å². The molecule has 0 saturated carbocycles. The number of rotatable bonds is 4. The summed E-state index contributed by atoms with van der Waals surface area (Å²) in [6, 6.07) is 0. The molecule has 2 unspecified atom stereocenters. The summed E-state index contributed by atoms with van der Waals surface area (Å²) in [5.41, 5.74) is -0.264. The largest absolute Gasteiger partial charge is 0.345 e. The molecule has 2 atom stereocenters. The van der Waals surface area contributed by atoms with Crippen molar-refractivity contribution >= 4 is 17.9 Å². The summed E-state index contributed by atoms with van der Waals surface area (Å²) in [6.07, 6.45) is 2.00. The van der Waals surface area contributed by atoms with E-state index in [1.165, 1.54) is 0 Å². The molecule has 1 aliphatic rings. The number of likely N-dealkylation sites (N-methyl/N-ethyl adjacent to an activating group) is 1. The molecule has 0 aliphatic carbocycles. The number of imidazole rings is 1. The molecule has 0 radical (unpaired) electrons. The molecular formula is C13H20N4O2. The van der Waals surface area contributed by atoms with Gasteiger partial charge in [-0.3, -0.25) is 14.5 Å². The van der Waals surface area contributed by atoms with Crippen LogP contribution in [0.15, 0.2) is 6.33 Å². The van der Waals surface area contributed by atoms with Crippen LogP contribution in [0.25, 0.3) is 0 Å². The molecule has 19 heavy (non-hydrogen) atoms. The number of H-pyrrole nitrogens is 1. The third kappa shape index (κ3) is 1.70. The van der Waals surface area contributed by atoms with Crippen LogP contribution >= 0.6 is 0 Å². The normalized spacial score (nSPS) is 27.2. The van der Waals surface area contributed by atoms with Crippen molar-refractivity contribution < 1.29 is 9.59 Å². The van der Waals surface area contributed by atoms with Crippen molar-refractivity contribution in [2.45, 2.75) is 39.4 Å². The standard InChI is InChI=1S/C13H20N4O2/c1-5-16-9(3)17(6-2)13(4,10(19)7-18)11-12(16)15-8-14-11/h7-9H,5-6H2,1-4H3,(H,14,15). The number of carbonyl (C=O) groups excluding carboxylic acids is 2. The van der Waals surface area contributed by atoms with Crippen LogP contribution in [0.2, 0.25) is 0 Å². The van der Waals surface area contributed by atoms with Crippen molar-refractivity contribution in [2.24, 2.45) is 0 Å². The Hall–Kier alpha value is -1.69. The molecule has 0 amide bonds. The first kappa shape index (κ1) is 13.7. The highest BCUT2D eigenvalue weighted by Crippen LogP contribution is 2.40. The van der Waals surface area contributed by atoms with Gasteiger partial charge in [0.15, 0.2) is 12.1 Å². The Labute approximate surface area is 112 Å². The van der Waals surface area contributed by atoms with Crippen LogP contribution in [0.4, 0.5) is 5.82 Å². The molecule has 0 bridgehead atoms. The van der Waals surface area contributed by atoms with Gasteiger partial charge in [0.1, 0.15) is 5.54 Å². The van der Waals surface area contributed by atoms with Crippen molar-refractivity contribution in [3.8, 4) is 0 Å². The highest BCUT2D eigenvalue weighted by molar-refractivity contribution is 6.29. The number of hydrogen-bond donors (Lipinski definition) is 1. The van der Waals surface area contributed by atoms with Gasteiger partial charge in [-0.25, -0.2) is 4.98 Å². The Morgan fingerprint density at radius 2 is 2.21 bits per heavy atom. The number of carbonyl (C=O) groups is 2. The lowest BCUT2D eigenvalue weighted by Crippen LogP contribution is -2.63. The van der Waals surface area contributed by atoms with Crippen LogP contribution in [-0.4, -0.2) is 46.2 Å². The lowest BCUT2D eigenvalue weighted by atomic mass is 9.87. The minimum atomic E-state index is -0.965. The van der Waals surface area contributed by atoms with Crippen LogP contribution < -0.4 is 4.90 Å². The third-order valence-corrected chi connectivity index (χ3v) is 4.12. The average Bonchev–Trinajstić information content (AvgIpc) is 2.88. The number of aromatic amines is 1. The Kier molecular flexibility index (Phi) is 3.45. The van der Waals surface area contributed by atoms with Crippen LogP contribution in [0.5, 0.6) is 0 Å². The number of nitrogens with one attached hydrogen (secondary N) is 1. The van der Waals surface area contributed by atoms with Gasteiger partial charge in [0.25, 0.3) is 0 Å². The Balaban J connectivity index is 2.65. The summed E-state index contributed by atoms with van der Waals surface area (Å²) in [5, 5.41) is 0. The lowest BCUT2D eigenvalue weighted by Gasteiger charge is -2.50. The maximum atomic E-state index is 12.2. The molecule has 1 aromatic heterocycles. The Bertz CT molecular complexity index is 499. The molecule has 6 heteroatoms. The lowest BCUT2D eigenvalue weighted by molar-refractivity contribution is -0.140. The van der Waals surface area contributed by atoms with Gasteiger partial charge in [-0.05, 0) is 27.3 Å². The van der Waals surface area contributed by atoms with Crippen molar-refractivity contribution in [2.75, 3.05) is 18.0 Å². The smallest absolute Gasteiger partial charge is 0.221 e. The van der Waals surface area contributed by atoms with E-state index in [-0.39, 0.29) is 6.17 Å². The van der Waals surface area contributed by atoms with E-state index < -0.39 is 11.3 Å². The number of Topliss-reactive ketones (excluding diaryl/α,β-unsaturated/α-hetero) is 1. The number of fused-ring (bicyclic) bond motifs is 1. The van der Waals surface area contributed by atoms with Gasteiger partial charge >= 0.3 is 0 Å². The van der Waals surface area contributed by atoms with E-state index in [0.717, 1.165) is 12.4 Å². The SMILES string of the molecule is CCN1c2nc[nH]c2C(C)(C(=O)C=O)N(CC)C1C. The average molecular weight is 264 g/mol. The van der Waals surface area contributed by atoms with E-state index in [1.807, 2.05) is 25.7 Å². The number of aromatic nitrogens is 2. The topological polar surface area (TPSA) is 69.3 Å². The summed E-state index contributed by atoms with van der Waals surface area (Å²) in [5.74, 6) is 0.319. The zero-order valence-corrected chi connectivity index (χ0v) is 11.8. The fourth-order valence-electron chi connectivity index (χ4n) is 3.10. The van der Waals surface area contributed by atoms with Gasteiger partial charge in [-0.1, -0.05) is 6.92 Å². The first-order valence-corrected chi connectivity index (χ1v) is 6.59. The minimum absolute atomic E-state index is 0.0136. The van der Waals surface area contributed by atoms with E-state index in [0.29, 0.717) is 18.5 Å². The first-order chi connectivity index (χ1) is 9.02. The third-order valence-electron chi connectivity index (χ3n) is 4.12. The van der Waals surface area contributed by atoms with E-state index in [2.05, 4.69) is 14.9 Å². The summed E-state index contributed by atoms with van der Waals surface area (Å²) < 4.78 is 0. The maximum absolute atomic E-state index is 12.2. The van der Waals surface area contributed by atoms with Crippen LogP contribution in [0.1, 0.15) is 33.4 Å². The summed E-state index contributed by atoms with van der Waals surface area (Å²) in [4.78, 5) is 34.7. The van der Waals surface area contributed by atoms with Crippen molar-refractivity contribution in [1.82, 2.24) is 14.9 Å². The van der Waals surface area contributed by atoms with E-state index >= 15 is 0 Å². The molecular weight excluding hydrogens is 244 g/mol. The predicted molar refractivity (Wildman–Crippen MR) is 71.9 cm³/mol. The zero-order chi connectivity index (χ0) is 14.2. The van der Waals surface area contributed by atoms with Gasteiger partial charge in [0, 0.05) is 6.54 Å². The number of hydrogen-bond acceptors (Lipinski definition) is 5. The highest BCUT2D eigenvalue weighted by atomic mass is 16.2. The second-order valence-electron chi connectivity index (χ2n) is 4.86. The fourth-order valence-corrected chi connectivity index (χ4v) is 3.10. The molecule has 1 aliphatic heterocycles. The maximum Gasteiger partial charge on any atom is 0.221 e. The van der Waals surface area contributed by atoms with Crippen molar-refractivity contribution in [1.29, 1.82) is 0 Å². The van der Waals surface area contributed by atoms with Crippen molar-refractivity contribution in [3.05, 3.63) is 12.0 Å². The number of nitrogens with zero attached hydrogens (tertiary/aromatic N) is 3. The van der Waals surface area contributed by atoms with Gasteiger partial charge in [0.2, 0.25) is 5.78 Å². The van der Waals surface area contributed by atoms with E-state index in [9.17, 15) is 9.59 Å². The minimum Gasteiger partial charge on any atom is -0.345 e. The summed E-state index contributed by atoms with van der Waals surface area (Å²) in [6.45, 7) is 9.32. The molecule has 0 saturated heterocycles. The van der Waals surface area contributed by atoms with Gasteiger partial charge in [-0.15, -0.1) is 0 Å². The monoisotopic (exact) mass is 264 g/mol. The van der Waals surface area contributed by atoms with E-state index in [4.69, 9.17) is 0 Å². The van der Waals surface area contributed by atoms with Gasteiger partial charge in [-0.2, -0.15) is 0 Å². The molecule has 104 valence electrons. The number of ketones is 1. The second-order valence-corrected chi connectivity index (χ2v) is 4.86. The second kappa shape index (κ2) is 4.77. The van der Waals surface area contributed by atoms with Gasteiger partial charge in [0.05, 0.1) is 18.2 Å². The predicted octanol–water partition coefficient (Wildman–Crippen LogP) is 0.901. The van der Waals surface area contributed by atoms with Gasteiger partial charge < -0.3 is 9.88 Å². The van der Waals surface area contributed by atoms with Crippen LogP contribution in [0.3, 0.4) is 0 Å². The highest BCUT2D eigenvalue weighted by Gasteiger charge is 2.50. The number of anilines is 1. The van der Waals surface area contributed by atoms with Crippen molar-refractivity contribution in [3.63, 3.8) is 0 Å². The molecule has 1 aromatic rings. The molecule has 1 N–H and O–H groups in total. The molecule has 0 aromatic carbocycles. The molecule has 2 rings (SSSR count). The zero-order valence-electron chi connectivity index (χ0n) is 11.8. The molecule has 0 spiro atoms. The van der Waals surface area contributed by atoms with Crippen LogP contribution in [0, 0.1) is 0 Å². The Morgan fingerprint density at radius 1 is 1.53 bits per heavy atom. The molecule has 2 heterocycles.